The van der Waals surface area contributed by atoms with Crippen LogP contribution in [0.2, 0.25) is 0 Å². The molecule has 1 amide bonds. The molecule has 0 saturated carbocycles. The van der Waals surface area contributed by atoms with E-state index in [1.807, 2.05) is 4.90 Å². The first-order valence-corrected chi connectivity index (χ1v) is 8.72. The van der Waals surface area contributed by atoms with Crippen LogP contribution in [-0.2, 0) is 17.8 Å². The summed E-state index contributed by atoms with van der Waals surface area (Å²) in [7, 11) is 1.56. The molecule has 0 spiro atoms. The molecule has 1 unspecified atom stereocenters. The molecule has 2 aromatic rings. The zero-order valence-corrected chi connectivity index (χ0v) is 14.3. The number of H-pyrrole nitrogens is 1. The Kier molecular flexibility index (Phi) is 4.40. The van der Waals surface area contributed by atoms with E-state index in [9.17, 15) is 4.79 Å². The van der Waals surface area contributed by atoms with E-state index < -0.39 is 0 Å². The molecule has 7 nitrogen and oxygen atoms in total. The molecule has 2 aromatic heterocycles. The highest BCUT2D eigenvalue weighted by Crippen LogP contribution is 2.35. The van der Waals surface area contributed by atoms with Crippen molar-refractivity contribution in [3.63, 3.8) is 0 Å². The second-order valence-electron chi connectivity index (χ2n) is 6.47. The van der Waals surface area contributed by atoms with E-state index in [1.165, 1.54) is 0 Å². The van der Waals surface area contributed by atoms with Crippen molar-refractivity contribution in [1.82, 2.24) is 20.1 Å². The van der Waals surface area contributed by atoms with E-state index in [4.69, 9.17) is 9.47 Å². The molecule has 25 heavy (non-hydrogen) atoms. The third-order valence-corrected chi connectivity index (χ3v) is 5.00. The predicted molar refractivity (Wildman–Crippen MR) is 90.4 cm³/mol. The molecule has 0 aliphatic carbocycles. The number of nitrogens with zero attached hydrogens (tertiary/aromatic N) is 3. The first kappa shape index (κ1) is 16.1. The number of aromatic nitrogens is 3. The number of pyridine rings is 1. The molecule has 1 saturated heterocycles. The number of hydrogen-bond donors (Lipinski definition) is 1. The molecule has 0 aromatic carbocycles. The molecule has 7 heteroatoms. The van der Waals surface area contributed by atoms with E-state index in [1.54, 1.807) is 25.4 Å². The zero-order chi connectivity index (χ0) is 17.2. The summed E-state index contributed by atoms with van der Waals surface area (Å²) in [4.78, 5) is 19.1. The Bertz CT molecular complexity index is 756. The molecule has 2 aliphatic rings. The minimum atomic E-state index is -0.00921. The number of fused-ring (bicyclic) bond motifs is 1. The molecule has 1 atom stereocenters. The molecule has 2 aliphatic heterocycles. The summed E-state index contributed by atoms with van der Waals surface area (Å²) in [6.45, 7) is 2.03. The van der Waals surface area contributed by atoms with Crippen molar-refractivity contribution in [2.24, 2.45) is 0 Å². The van der Waals surface area contributed by atoms with Crippen LogP contribution in [0.4, 0.5) is 0 Å². The fraction of sp³-hybridized carbons (Fsp3) is 0.500. The summed E-state index contributed by atoms with van der Waals surface area (Å²) in [6.07, 6.45) is 5.46. The fourth-order valence-corrected chi connectivity index (χ4v) is 3.66. The number of carbonyl (C=O) groups is 1. The van der Waals surface area contributed by atoms with Gasteiger partial charge >= 0.3 is 0 Å². The standard InChI is InChI=1S/C18H22N4O3/c1-24-16-6-5-12(10-19-16)18(23)22-8-3-2-4-15(22)17-13-11-25-9-7-14(13)20-21-17/h5-6,10,15H,2-4,7-9,11H2,1H3,(H,20,21). The largest absolute Gasteiger partial charge is 0.481 e. The van der Waals surface area contributed by atoms with Crippen LogP contribution < -0.4 is 4.74 Å². The number of amides is 1. The first-order valence-electron chi connectivity index (χ1n) is 8.72. The number of ether oxygens (including phenoxy) is 2. The Labute approximate surface area is 146 Å². The van der Waals surface area contributed by atoms with Crippen LogP contribution in [0.25, 0.3) is 0 Å². The van der Waals surface area contributed by atoms with Gasteiger partial charge in [0.25, 0.3) is 5.91 Å². The van der Waals surface area contributed by atoms with Gasteiger partial charge < -0.3 is 14.4 Å². The van der Waals surface area contributed by atoms with E-state index in [0.717, 1.165) is 55.8 Å². The van der Waals surface area contributed by atoms with Crippen molar-refractivity contribution < 1.29 is 14.3 Å². The van der Waals surface area contributed by atoms with E-state index in [-0.39, 0.29) is 11.9 Å². The van der Waals surface area contributed by atoms with Gasteiger partial charge in [0.2, 0.25) is 5.88 Å². The van der Waals surface area contributed by atoms with Gasteiger partial charge in [-0.25, -0.2) is 4.98 Å². The minimum Gasteiger partial charge on any atom is -0.481 e. The highest BCUT2D eigenvalue weighted by molar-refractivity contribution is 5.94. The lowest BCUT2D eigenvalue weighted by Crippen LogP contribution is -2.39. The van der Waals surface area contributed by atoms with Gasteiger partial charge in [-0.2, -0.15) is 5.10 Å². The van der Waals surface area contributed by atoms with Crippen LogP contribution in [0, 0.1) is 0 Å². The Balaban J connectivity index is 1.62. The number of likely N-dealkylation sites (tertiary alicyclic amines) is 1. The van der Waals surface area contributed by atoms with Crippen LogP contribution in [0.1, 0.15) is 52.6 Å². The first-order chi connectivity index (χ1) is 12.3. The molecule has 1 N–H and O–H groups in total. The maximum atomic E-state index is 13.0. The SMILES string of the molecule is COc1ccc(C(=O)N2CCCCC2c2n[nH]c3c2COCC3)cn1. The maximum Gasteiger partial charge on any atom is 0.255 e. The van der Waals surface area contributed by atoms with Gasteiger partial charge in [0, 0.05) is 36.5 Å². The number of rotatable bonds is 3. The van der Waals surface area contributed by atoms with E-state index in [2.05, 4.69) is 15.2 Å². The monoisotopic (exact) mass is 342 g/mol. The predicted octanol–water partition coefficient (Wildman–Crippen LogP) is 2.25. The number of piperidine rings is 1. The molecular formula is C18H22N4O3. The second kappa shape index (κ2) is 6.84. The van der Waals surface area contributed by atoms with E-state index in [0.29, 0.717) is 18.1 Å². The van der Waals surface area contributed by atoms with Gasteiger partial charge in [-0.3, -0.25) is 9.89 Å². The Morgan fingerprint density at radius 3 is 3.12 bits per heavy atom. The molecular weight excluding hydrogens is 320 g/mol. The van der Waals surface area contributed by atoms with Gasteiger partial charge in [0.15, 0.2) is 0 Å². The number of carbonyl (C=O) groups excluding carboxylic acids is 1. The molecule has 4 rings (SSSR count). The number of nitrogens with one attached hydrogen (secondary N) is 1. The molecule has 132 valence electrons. The second-order valence-corrected chi connectivity index (χ2v) is 6.47. The number of aromatic amines is 1. The number of methoxy groups -OCH3 is 1. The molecule has 0 radical (unpaired) electrons. The minimum absolute atomic E-state index is 0.00618. The quantitative estimate of drug-likeness (QED) is 0.925. The summed E-state index contributed by atoms with van der Waals surface area (Å²) in [5.74, 6) is 0.499. The maximum absolute atomic E-state index is 13.0. The fourth-order valence-electron chi connectivity index (χ4n) is 3.66. The lowest BCUT2D eigenvalue weighted by atomic mass is 9.95. The molecule has 4 heterocycles. The normalized spacial score (nSPS) is 20.2. The van der Waals surface area contributed by atoms with Crippen LogP contribution in [0.5, 0.6) is 5.88 Å². The summed E-state index contributed by atoms with van der Waals surface area (Å²) >= 11 is 0. The Morgan fingerprint density at radius 2 is 2.32 bits per heavy atom. The average Bonchev–Trinajstić information content (AvgIpc) is 3.11. The van der Waals surface area contributed by atoms with Gasteiger partial charge in [0.1, 0.15) is 0 Å². The van der Waals surface area contributed by atoms with Crippen molar-refractivity contribution in [2.45, 2.75) is 38.3 Å². The van der Waals surface area contributed by atoms with Crippen LogP contribution in [0.15, 0.2) is 18.3 Å². The average molecular weight is 342 g/mol. The van der Waals surface area contributed by atoms with Crippen molar-refractivity contribution in [2.75, 3.05) is 20.3 Å². The van der Waals surface area contributed by atoms with Gasteiger partial charge in [0.05, 0.1) is 37.6 Å². The van der Waals surface area contributed by atoms with Crippen LogP contribution in [0.3, 0.4) is 0 Å². The number of hydrogen-bond acceptors (Lipinski definition) is 5. The third-order valence-electron chi connectivity index (χ3n) is 5.00. The lowest BCUT2D eigenvalue weighted by Gasteiger charge is -2.35. The Morgan fingerprint density at radius 1 is 1.40 bits per heavy atom. The lowest BCUT2D eigenvalue weighted by molar-refractivity contribution is 0.0596. The van der Waals surface area contributed by atoms with Crippen molar-refractivity contribution in [1.29, 1.82) is 0 Å². The molecule has 1 fully saturated rings. The topological polar surface area (TPSA) is 80.3 Å². The summed E-state index contributed by atoms with van der Waals surface area (Å²) < 4.78 is 10.7. The van der Waals surface area contributed by atoms with Gasteiger partial charge in [-0.05, 0) is 25.3 Å². The van der Waals surface area contributed by atoms with Gasteiger partial charge in [-0.1, -0.05) is 0 Å². The van der Waals surface area contributed by atoms with Crippen LogP contribution >= 0.6 is 0 Å². The summed E-state index contributed by atoms with van der Waals surface area (Å²) in [6, 6.07) is 3.48. The molecule has 0 bridgehead atoms. The van der Waals surface area contributed by atoms with Crippen molar-refractivity contribution in [3.8, 4) is 5.88 Å². The summed E-state index contributed by atoms with van der Waals surface area (Å²) in [5, 5.41) is 7.68. The van der Waals surface area contributed by atoms with E-state index >= 15 is 0 Å². The third kappa shape index (κ3) is 3.00. The van der Waals surface area contributed by atoms with Crippen molar-refractivity contribution >= 4 is 5.91 Å². The smallest absolute Gasteiger partial charge is 0.255 e. The van der Waals surface area contributed by atoms with Gasteiger partial charge in [-0.15, -0.1) is 0 Å². The summed E-state index contributed by atoms with van der Waals surface area (Å²) in [5.41, 5.74) is 3.81. The highest BCUT2D eigenvalue weighted by Gasteiger charge is 2.33. The Hall–Kier alpha value is -2.41. The highest BCUT2D eigenvalue weighted by atomic mass is 16.5. The van der Waals surface area contributed by atoms with Crippen molar-refractivity contribution in [3.05, 3.63) is 40.8 Å². The zero-order valence-electron chi connectivity index (χ0n) is 14.3. The van der Waals surface area contributed by atoms with Crippen LogP contribution in [-0.4, -0.2) is 46.2 Å².